The van der Waals surface area contributed by atoms with E-state index in [1.165, 1.54) is 18.2 Å². The van der Waals surface area contributed by atoms with E-state index in [1.807, 2.05) is 18.2 Å². The summed E-state index contributed by atoms with van der Waals surface area (Å²) in [5.74, 6) is -2.09. The normalized spacial score (nSPS) is 15.1. The van der Waals surface area contributed by atoms with Crippen molar-refractivity contribution in [3.63, 3.8) is 0 Å². The predicted molar refractivity (Wildman–Crippen MR) is 117 cm³/mol. The van der Waals surface area contributed by atoms with Crippen LogP contribution in [0.1, 0.15) is 37.1 Å². The highest BCUT2D eigenvalue weighted by Gasteiger charge is 2.34. The Kier molecular flexibility index (Phi) is 5.29. The van der Waals surface area contributed by atoms with Gasteiger partial charge in [0.1, 0.15) is 11.3 Å². The quantitative estimate of drug-likeness (QED) is 0.479. The average molecular weight is 449 g/mol. The lowest BCUT2D eigenvalue weighted by Crippen LogP contribution is -2.23. The van der Waals surface area contributed by atoms with E-state index >= 15 is 0 Å². The van der Waals surface area contributed by atoms with Gasteiger partial charge in [0.2, 0.25) is 5.95 Å². The van der Waals surface area contributed by atoms with Crippen LogP contribution in [-0.4, -0.2) is 35.1 Å². The van der Waals surface area contributed by atoms with Crippen molar-refractivity contribution >= 4 is 5.95 Å². The Balaban J connectivity index is 1.42. The number of nitrogen functional groups attached to an aromatic ring is 1. The second-order valence-corrected chi connectivity index (χ2v) is 8.15. The Morgan fingerprint density at radius 2 is 1.73 bits per heavy atom. The molecule has 5 rings (SSSR count). The SMILES string of the molecule is Nc1nc(-c2cn(Cc3cccc(C4(O)CCCC4)n3)nn2)cc(-c2cccc(F)c2F)n1. The molecule has 1 aliphatic rings. The van der Waals surface area contributed by atoms with Crippen molar-refractivity contribution in [3.05, 3.63) is 71.7 Å². The van der Waals surface area contributed by atoms with Crippen molar-refractivity contribution < 1.29 is 13.9 Å². The van der Waals surface area contributed by atoms with Crippen LogP contribution < -0.4 is 5.73 Å². The van der Waals surface area contributed by atoms with Gasteiger partial charge in [-0.05, 0) is 43.2 Å². The number of anilines is 1. The first-order chi connectivity index (χ1) is 15.9. The van der Waals surface area contributed by atoms with Crippen LogP contribution in [0.15, 0.2) is 48.7 Å². The van der Waals surface area contributed by atoms with Crippen LogP contribution in [0.2, 0.25) is 0 Å². The number of nitrogens with zero attached hydrogens (tertiary/aromatic N) is 6. The van der Waals surface area contributed by atoms with Gasteiger partial charge in [-0.15, -0.1) is 5.10 Å². The van der Waals surface area contributed by atoms with Crippen molar-refractivity contribution in [2.45, 2.75) is 37.8 Å². The van der Waals surface area contributed by atoms with Gasteiger partial charge in [0.25, 0.3) is 0 Å². The van der Waals surface area contributed by atoms with E-state index in [9.17, 15) is 13.9 Å². The minimum absolute atomic E-state index is 0.0244. The van der Waals surface area contributed by atoms with Crippen molar-refractivity contribution in [2.24, 2.45) is 0 Å². The summed E-state index contributed by atoms with van der Waals surface area (Å²) in [7, 11) is 0. The van der Waals surface area contributed by atoms with E-state index in [0.29, 0.717) is 36.5 Å². The second-order valence-electron chi connectivity index (χ2n) is 8.15. The Labute approximate surface area is 188 Å². The van der Waals surface area contributed by atoms with Gasteiger partial charge in [0.15, 0.2) is 11.6 Å². The number of hydrogen-bond acceptors (Lipinski definition) is 7. The summed E-state index contributed by atoms with van der Waals surface area (Å²) in [6.07, 6.45) is 5.05. The van der Waals surface area contributed by atoms with E-state index in [0.717, 1.165) is 24.6 Å². The fourth-order valence-electron chi connectivity index (χ4n) is 4.14. The molecule has 3 N–H and O–H groups in total. The van der Waals surface area contributed by atoms with Crippen molar-refractivity contribution in [1.82, 2.24) is 29.9 Å². The summed E-state index contributed by atoms with van der Waals surface area (Å²) in [5.41, 5.74) is 7.19. The maximum absolute atomic E-state index is 14.2. The van der Waals surface area contributed by atoms with Crippen LogP contribution in [0.5, 0.6) is 0 Å². The zero-order valence-electron chi connectivity index (χ0n) is 17.6. The molecule has 0 aliphatic heterocycles. The lowest BCUT2D eigenvalue weighted by Gasteiger charge is -2.21. The Morgan fingerprint density at radius 1 is 0.970 bits per heavy atom. The predicted octanol–water partition coefficient (Wildman–Crippen LogP) is 3.47. The molecule has 1 aliphatic carbocycles. The molecule has 4 aromatic rings. The van der Waals surface area contributed by atoms with Gasteiger partial charge < -0.3 is 10.8 Å². The zero-order chi connectivity index (χ0) is 23.0. The van der Waals surface area contributed by atoms with Crippen LogP contribution in [0.4, 0.5) is 14.7 Å². The highest BCUT2D eigenvalue weighted by molar-refractivity contribution is 5.67. The van der Waals surface area contributed by atoms with Gasteiger partial charge in [-0.2, -0.15) is 0 Å². The molecule has 3 heterocycles. The van der Waals surface area contributed by atoms with Crippen LogP contribution in [0, 0.1) is 11.6 Å². The van der Waals surface area contributed by atoms with Crippen molar-refractivity contribution in [3.8, 4) is 22.6 Å². The first-order valence-electron chi connectivity index (χ1n) is 10.6. The molecule has 1 saturated carbocycles. The molecule has 0 unspecified atom stereocenters. The maximum Gasteiger partial charge on any atom is 0.221 e. The number of nitrogens with two attached hydrogens (primary N) is 1. The Morgan fingerprint density at radius 3 is 2.55 bits per heavy atom. The minimum atomic E-state index is -1.01. The first kappa shape index (κ1) is 21.1. The van der Waals surface area contributed by atoms with E-state index in [1.54, 1.807) is 10.9 Å². The van der Waals surface area contributed by atoms with E-state index in [2.05, 4.69) is 25.3 Å². The molecule has 0 radical (unpaired) electrons. The molecule has 3 aromatic heterocycles. The molecular weight excluding hydrogens is 428 g/mol. The summed E-state index contributed by atoms with van der Waals surface area (Å²) < 4.78 is 29.5. The second kappa shape index (κ2) is 8.28. The fraction of sp³-hybridized carbons (Fsp3) is 0.261. The number of pyridine rings is 1. The van der Waals surface area contributed by atoms with Gasteiger partial charge in [-0.3, -0.25) is 4.98 Å². The molecule has 168 valence electrons. The summed E-state index contributed by atoms with van der Waals surface area (Å²) >= 11 is 0. The molecule has 0 atom stereocenters. The van der Waals surface area contributed by atoms with Gasteiger partial charge in [-0.1, -0.05) is 30.2 Å². The van der Waals surface area contributed by atoms with Gasteiger partial charge in [0.05, 0.1) is 35.5 Å². The third-order valence-electron chi connectivity index (χ3n) is 5.81. The van der Waals surface area contributed by atoms with Gasteiger partial charge >= 0.3 is 0 Å². The van der Waals surface area contributed by atoms with Crippen molar-refractivity contribution in [2.75, 3.05) is 5.73 Å². The third-order valence-corrected chi connectivity index (χ3v) is 5.81. The third kappa shape index (κ3) is 4.17. The highest BCUT2D eigenvalue weighted by atomic mass is 19.2. The molecule has 1 fully saturated rings. The number of benzene rings is 1. The molecule has 0 bridgehead atoms. The standard InChI is InChI=1S/C23H21F2N7O/c24-16-7-4-6-15(21(16)25)17-11-18(29-22(26)28-17)19-13-32(31-30-19)12-14-5-3-8-20(27-14)23(33)9-1-2-10-23/h3-8,11,13,33H,1-2,9-10,12H2,(H2,26,28,29). The molecule has 1 aromatic carbocycles. The minimum Gasteiger partial charge on any atom is -0.384 e. The first-order valence-corrected chi connectivity index (χ1v) is 10.6. The van der Waals surface area contributed by atoms with Gasteiger partial charge in [0, 0.05) is 5.56 Å². The van der Waals surface area contributed by atoms with Crippen molar-refractivity contribution in [1.29, 1.82) is 0 Å². The molecule has 8 nitrogen and oxygen atoms in total. The average Bonchev–Trinajstić information content (AvgIpc) is 3.45. The molecule has 0 spiro atoms. The summed E-state index contributed by atoms with van der Waals surface area (Å²) in [5, 5.41) is 19.1. The van der Waals surface area contributed by atoms with Gasteiger partial charge in [-0.25, -0.2) is 23.4 Å². The topological polar surface area (TPSA) is 116 Å². The maximum atomic E-state index is 14.2. The Hall–Kier alpha value is -3.79. The summed E-state index contributed by atoms with van der Waals surface area (Å²) in [4.78, 5) is 12.8. The van der Waals surface area contributed by atoms with E-state index < -0.39 is 17.2 Å². The summed E-state index contributed by atoms with van der Waals surface area (Å²) in [6, 6.07) is 10.9. The Bertz CT molecular complexity index is 1320. The van der Waals surface area contributed by atoms with Crippen LogP contribution in [0.25, 0.3) is 22.6 Å². The number of halogens is 2. The number of hydrogen-bond donors (Lipinski definition) is 2. The number of rotatable bonds is 5. The van der Waals surface area contributed by atoms with E-state index in [-0.39, 0.29) is 17.2 Å². The van der Waals surface area contributed by atoms with E-state index in [4.69, 9.17) is 5.73 Å². The zero-order valence-corrected chi connectivity index (χ0v) is 17.6. The monoisotopic (exact) mass is 449 g/mol. The molecular formula is C23H21F2N7O. The van der Waals surface area contributed by atoms with Crippen LogP contribution >= 0.6 is 0 Å². The summed E-state index contributed by atoms with van der Waals surface area (Å²) in [6.45, 7) is 0.336. The largest absolute Gasteiger partial charge is 0.384 e. The van der Waals surface area contributed by atoms with Crippen LogP contribution in [-0.2, 0) is 12.1 Å². The molecule has 10 heteroatoms. The molecule has 33 heavy (non-hydrogen) atoms. The molecule has 0 saturated heterocycles. The highest BCUT2D eigenvalue weighted by Crippen LogP contribution is 2.37. The smallest absolute Gasteiger partial charge is 0.221 e. The number of aliphatic hydroxyl groups is 1. The lowest BCUT2D eigenvalue weighted by atomic mass is 9.97. The lowest BCUT2D eigenvalue weighted by molar-refractivity contribution is 0.0397. The molecule has 0 amide bonds. The number of aromatic nitrogens is 6. The van der Waals surface area contributed by atoms with Crippen LogP contribution in [0.3, 0.4) is 0 Å². The fourth-order valence-corrected chi connectivity index (χ4v) is 4.14.